The summed E-state index contributed by atoms with van der Waals surface area (Å²) in [5.74, 6) is -0.462. The van der Waals surface area contributed by atoms with Crippen LogP contribution in [0, 0.1) is 11.7 Å². The minimum Gasteiger partial charge on any atom is -0.325 e. The van der Waals surface area contributed by atoms with E-state index in [4.69, 9.17) is 11.6 Å². The standard InChI is InChI=1S/C25H24ClFN2O3S2/c26-20-9-7-18(8-10-20)17-33-24-6-2-1-5-23(24)28-25(30)19-4-3-15-29(16-19)34(31,32)22-13-11-21(27)12-14-22/h1-2,5-14,19H,3-4,15-17H2,(H,28,30). The molecule has 1 amide bonds. The Hall–Kier alpha value is -2.39. The third kappa shape index (κ3) is 5.99. The number of rotatable bonds is 7. The lowest BCUT2D eigenvalue weighted by molar-refractivity contribution is -0.120. The van der Waals surface area contributed by atoms with Gasteiger partial charge in [-0.25, -0.2) is 12.8 Å². The highest BCUT2D eigenvalue weighted by molar-refractivity contribution is 7.98. The average molecular weight is 519 g/mol. The first-order valence-electron chi connectivity index (χ1n) is 10.9. The minimum atomic E-state index is -3.80. The Kier molecular flexibility index (Phi) is 7.93. The van der Waals surface area contributed by atoms with Crippen LogP contribution in [0.1, 0.15) is 18.4 Å². The van der Waals surface area contributed by atoms with E-state index in [1.807, 2.05) is 48.5 Å². The first kappa shape index (κ1) is 24.7. The van der Waals surface area contributed by atoms with Gasteiger partial charge in [-0.2, -0.15) is 4.31 Å². The number of sulfonamides is 1. The molecule has 34 heavy (non-hydrogen) atoms. The summed E-state index contributed by atoms with van der Waals surface area (Å²) in [6.07, 6.45) is 1.17. The van der Waals surface area contributed by atoms with Gasteiger partial charge in [-0.1, -0.05) is 35.9 Å². The van der Waals surface area contributed by atoms with Gasteiger partial charge in [0.25, 0.3) is 0 Å². The first-order chi connectivity index (χ1) is 16.3. The maximum atomic E-state index is 13.2. The number of hydrogen-bond acceptors (Lipinski definition) is 4. The largest absolute Gasteiger partial charge is 0.325 e. The summed E-state index contributed by atoms with van der Waals surface area (Å²) in [4.78, 5) is 14.0. The molecule has 0 radical (unpaired) electrons. The monoisotopic (exact) mass is 518 g/mol. The second kappa shape index (κ2) is 10.9. The van der Waals surface area contributed by atoms with Gasteiger partial charge >= 0.3 is 0 Å². The van der Waals surface area contributed by atoms with Gasteiger partial charge < -0.3 is 5.32 Å². The number of anilines is 1. The van der Waals surface area contributed by atoms with E-state index in [0.29, 0.717) is 30.1 Å². The molecule has 4 rings (SSSR count). The number of nitrogens with zero attached hydrogens (tertiary/aromatic N) is 1. The van der Waals surface area contributed by atoms with Crippen LogP contribution in [0.4, 0.5) is 10.1 Å². The molecule has 1 saturated heterocycles. The number of nitrogens with one attached hydrogen (secondary N) is 1. The fourth-order valence-electron chi connectivity index (χ4n) is 3.80. The van der Waals surface area contributed by atoms with Crippen molar-refractivity contribution in [3.05, 3.63) is 89.2 Å². The Morgan fingerprint density at radius 3 is 2.50 bits per heavy atom. The molecule has 3 aromatic rings. The third-order valence-electron chi connectivity index (χ3n) is 5.66. The second-order valence-corrected chi connectivity index (χ2v) is 11.4. The highest BCUT2D eigenvalue weighted by Crippen LogP contribution is 2.31. The number of halogens is 2. The van der Waals surface area contributed by atoms with E-state index in [0.717, 1.165) is 28.3 Å². The maximum absolute atomic E-state index is 13.2. The van der Waals surface area contributed by atoms with E-state index in [-0.39, 0.29) is 17.3 Å². The molecule has 1 heterocycles. The highest BCUT2D eigenvalue weighted by atomic mass is 35.5. The Labute approximate surface area is 208 Å². The summed E-state index contributed by atoms with van der Waals surface area (Å²) in [7, 11) is -3.80. The molecular formula is C25H24ClFN2O3S2. The zero-order valence-electron chi connectivity index (χ0n) is 18.3. The SMILES string of the molecule is O=C(Nc1ccccc1SCc1ccc(Cl)cc1)C1CCCN(S(=O)(=O)c2ccc(F)cc2)C1. The number of hydrogen-bond donors (Lipinski definition) is 1. The quantitative estimate of drug-likeness (QED) is 0.401. The molecule has 1 aliphatic heterocycles. The number of benzene rings is 3. The summed E-state index contributed by atoms with van der Waals surface area (Å²) in [6, 6.07) is 19.9. The van der Waals surface area contributed by atoms with Gasteiger partial charge in [-0.05, 0) is 66.9 Å². The lowest BCUT2D eigenvalue weighted by atomic mass is 9.99. The fraction of sp³-hybridized carbons (Fsp3) is 0.240. The molecule has 0 spiro atoms. The van der Waals surface area contributed by atoms with E-state index in [1.165, 1.54) is 16.4 Å². The Balaban J connectivity index is 1.42. The molecule has 0 bridgehead atoms. The van der Waals surface area contributed by atoms with Gasteiger partial charge in [-0.3, -0.25) is 4.79 Å². The smallest absolute Gasteiger partial charge is 0.243 e. The van der Waals surface area contributed by atoms with Crippen LogP contribution in [0.25, 0.3) is 0 Å². The molecule has 5 nitrogen and oxygen atoms in total. The molecule has 1 N–H and O–H groups in total. The molecule has 1 unspecified atom stereocenters. The summed E-state index contributed by atoms with van der Waals surface area (Å²) >= 11 is 7.56. The summed E-state index contributed by atoms with van der Waals surface area (Å²) < 4.78 is 40.5. The Morgan fingerprint density at radius 1 is 1.06 bits per heavy atom. The summed E-state index contributed by atoms with van der Waals surface area (Å²) in [5, 5.41) is 3.68. The topological polar surface area (TPSA) is 66.5 Å². The Morgan fingerprint density at radius 2 is 1.76 bits per heavy atom. The van der Waals surface area contributed by atoms with Gasteiger partial charge in [-0.15, -0.1) is 11.8 Å². The highest BCUT2D eigenvalue weighted by Gasteiger charge is 2.33. The van der Waals surface area contributed by atoms with Crippen LogP contribution < -0.4 is 5.32 Å². The van der Waals surface area contributed by atoms with Gasteiger partial charge in [0.05, 0.1) is 16.5 Å². The van der Waals surface area contributed by atoms with Crippen molar-refractivity contribution in [2.75, 3.05) is 18.4 Å². The summed E-state index contributed by atoms with van der Waals surface area (Å²) in [5.41, 5.74) is 1.81. The van der Waals surface area contributed by atoms with Crippen molar-refractivity contribution in [2.45, 2.75) is 28.4 Å². The number of carbonyl (C=O) groups excluding carboxylic acids is 1. The molecule has 0 aliphatic carbocycles. The minimum absolute atomic E-state index is 0.0268. The van der Waals surface area contributed by atoms with Gasteiger partial charge in [0.15, 0.2) is 0 Å². The van der Waals surface area contributed by atoms with Crippen molar-refractivity contribution in [1.82, 2.24) is 4.31 Å². The molecule has 0 aromatic heterocycles. The van der Waals surface area contributed by atoms with Crippen molar-refractivity contribution >= 4 is 45.0 Å². The number of para-hydroxylation sites is 1. The number of carbonyl (C=O) groups is 1. The second-order valence-electron chi connectivity index (χ2n) is 8.06. The van der Waals surface area contributed by atoms with Crippen molar-refractivity contribution < 1.29 is 17.6 Å². The van der Waals surface area contributed by atoms with Crippen LogP contribution in [-0.4, -0.2) is 31.7 Å². The van der Waals surface area contributed by atoms with Crippen molar-refractivity contribution in [2.24, 2.45) is 5.92 Å². The van der Waals surface area contributed by atoms with Crippen LogP contribution in [-0.2, 0) is 20.6 Å². The average Bonchev–Trinajstić information content (AvgIpc) is 2.85. The van der Waals surface area contributed by atoms with Crippen molar-refractivity contribution in [3.63, 3.8) is 0 Å². The van der Waals surface area contributed by atoms with E-state index < -0.39 is 21.8 Å². The van der Waals surface area contributed by atoms with Crippen molar-refractivity contribution in [3.8, 4) is 0 Å². The lowest BCUT2D eigenvalue weighted by Crippen LogP contribution is -2.43. The van der Waals surface area contributed by atoms with Crippen LogP contribution in [0.15, 0.2) is 82.6 Å². The van der Waals surface area contributed by atoms with Gasteiger partial charge in [0.1, 0.15) is 5.82 Å². The molecule has 178 valence electrons. The molecule has 1 atom stereocenters. The van der Waals surface area contributed by atoms with Gasteiger partial charge in [0.2, 0.25) is 15.9 Å². The lowest BCUT2D eigenvalue weighted by Gasteiger charge is -2.31. The zero-order chi connectivity index (χ0) is 24.1. The Bertz CT molecular complexity index is 1250. The molecule has 1 aliphatic rings. The van der Waals surface area contributed by atoms with Crippen LogP contribution in [0.3, 0.4) is 0 Å². The van der Waals surface area contributed by atoms with Crippen LogP contribution in [0.2, 0.25) is 5.02 Å². The number of thioether (sulfide) groups is 1. The number of amides is 1. The molecular weight excluding hydrogens is 495 g/mol. The van der Waals surface area contributed by atoms with E-state index in [2.05, 4.69) is 5.32 Å². The third-order valence-corrected chi connectivity index (χ3v) is 8.93. The van der Waals surface area contributed by atoms with E-state index in [9.17, 15) is 17.6 Å². The normalized spacial score (nSPS) is 16.8. The predicted molar refractivity (Wildman–Crippen MR) is 134 cm³/mol. The molecule has 0 saturated carbocycles. The summed E-state index contributed by atoms with van der Waals surface area (Å²) in [6.45, 7) is 0.419. The van der Waals surface area contributed by atoms with Crippen LogP contribution >= 0.6 is 23.4 Å². The number of piperidine rings is 1. The molecule has 1 fully saturated rings. The molecule has 9 heteroatoms. The fourth-order valence-corrected chi connectivity index (χ4v) is 6.42. The van der Waals surface area contributed by atoms with Crippen molar-refractivity contribution in [1.29, 1.82) is 0 Å². The zero-order valence-corrected chi connectivity index (χ0v) is 20.7. The predicted octanol–water partition coefficient (Wildman–Crippen LogP) is 5.81. The van der Waals surface area contributed by atoms with E-state index in [1.54, 1.807) is 11.8 Å². The van der Waals surface area contributed by atoms with E-state index >= 15 is 0 Å². The van der Waals surface area contributed by atoms with Gasteiger partial charge in [0, 0.05) is 28.8 Å². The molecule has 3 aromatic carbocycles. The van der Waals surface area contributed by atoms with Crippen LogP contribution in [0.5, 0.6) is 0 Å². The maximum Gasteiger partial charge on any atom is 0.243 e. The first-order valence-corrected chi connectivity index (χ1v) is 13.7.